The maximum atomic E-state index is 3.55. The molecule has 0 aliphatic rings. The van der Waals surface area contributed by atoms with E-state index in [1.54, 1.807) is 0 Å². The molecule has 0 aliphatic heterocycles. The Bertz CT molecular complexity index is 986. The van der Waals surface area contributed by atoms with Crippen LogP contribution in [0.5, 0.6) is 0 Å². The van der Waals surface area contributed by atoms with Gasteiger partial charge in [-0.05, 0) is 51.6 Å². The van der Waals surface area contributed by atoms with Gasteiger partial charge in [0.1, 0.15) is 0 Å². The maximum absolute atomic E-state index is 3.55. The van der Waals surface area contributed by atoms with Crippen molar-refractivity contribution in [2.24, 2.45) is 0 Å². The lowest BCUT2D eigenvalue weighted by molar-refractivity contribution is 1.56. The quantitative estimate of drug-likeness (QED) is 0.344. The second-order valence-electron chi connectivity index (χ2n) is 6.03. The lowest BCUT2D eigenvalue weighted by atomic mass is 9.97. The molecule has 0 radical (unpaired) electrons. The van der Waals surface area contributed by atoms with Gasteiger partial charge in [0.15, 0.2) is 0 Å². The van der Waals surface area contributed by atoms with Crippen molar-refractivity contribution >= 4 is 15.9 Å². The first-order valence-corrected chi connectivity index (χ1v) is 9.11. The molecule has 0 saturated heterocycles. The van der Waals surface area contributed by atoms with Crippen molar-refractivity contribution in [3.05, 3.63) is 108 Å². The van der Waals surface area contributed by atoms with Crippen molar-refractivity contribution in [1.82, 2.24) is 0 Å². The minimum absolute atomic E-state index is 1.10. The molecule has 0 atom stereocenters. The monoisotopic (exact) mass is 384 g/mol. The summed E-state index contributed by atoms with van der Waals surface area (Å²) < 4.78 is 1.10. The number of halogens is 1. The van der Waals surface area contributed by atoms with E-state index in [2.05, 4.69) is 113 Å². The number of hydrogen-bond acceptors (Lipinski definition) is 0. The van der Waals surface area contributed by atoms with Crippen LogP contribution in [0.3, 0.4) is 0 Å². The van der Waals surface area contributed by atoms with E-state index in [-0.39, 0.29) is 0 Å². The summed E-state index contributed by atoms with van der Waals surface area (Å²) >= 11 is 3.55. The Labute approximate surface area is 156 Å². The Morgan fingerprint density at radius 3 is 1.44 bits per heavy atom. The molecule has 0 spiro atoms. The molecule has 0 nitrogen and oxygen atoms in total. The van der Waals surface area contributed by atoms with Crippen LogP contribution < -0.4 is 0 Å². The zero-order valence-electron chi connectivity index (χ0n) is 13.7. The third kappa shape index (κ3) is 3.57. The standard InChI is InChI=1S/C24H17Br/c25-24-11-5-10-23(17-24)22-9-4-8-21(16-22)20-14-12-19(13-15-20)18-6-2-1-3-7-18/h1-17H. The van der Waals surface area contributed by atoms with Gasteiger partial charge in [-0.2, -0.15) is 0 Å². The minimum Gasteiger partial charge on any atom is -0.0622 e. The highest BCUT2D eigenvalue weighted by molar-refractivity contribution is 9.10. The smallest absolute Gasteiger partial charge is 0.0181 e. The van der Waals surface area contributed by atoms with Gasteiger partial charge in [-0.1, -0.05) is 101 Å². The molecule has 120 valence electrons. The molecule has 0 aromatic heterocycles. The first-order chi connectivity index (χ1) is 12.3. The summed E-state index contributed by atoms with van der Waals surface area (Å²) in [5.74, 6) is 0. The molecular weight excluding hydrogens is 368 g/mol. The van der Waals surface area contributed by atoms with Crippen molar-refractivity contribution in [2.75, 3.05) is 0 Å². The average Bonchev–Trinajstić information content (AvgIpc) is 2.69. The van der Waals surface area contributed by atoms with Crippen LogP contribution in [-0.4, -0.2) is 0 Å². The van der Waals surface area contributed by atoms with Crippen LogP contribution in [0.2, 0.25) is 0 Å². The van der Waals surface area contributed by atoms with Crippen molar-refractivity contribution in [3.63, 3.8) is 0 Å². The van der Waals surface area contributed by atoms with Gasteiger partial charge in [-0.3, -0.25) is 0 Å². The molecule has 4 aromatic carbocycles. The molecule has 0 N–H and O–H groups in total. The molecule has 0 bridgehead atoms. The number of hydrogen-bond donors (Lipinski definition) is 0. The summed E-state index contributed by atoms with van der Waals surface area (Å²) in [5, 5.41) is 0. The molecule has 0 heterocycles. The SMILES string of the molecule is Brc1cccc(-c2cccc(-c3ccc(-c4ccccc4)cc3)c2)c1. The van der Waals surface area contributed by atoms with Crippen LogP contribution in [0.1, 0.15) is 0 Å². The van der Waals surface area contributed by atoms with Crippen LogP contribution in [0.25, 0.3) is 33.4 Å². The maximum Gasteiger partial charge on any atom is 0.0181 e. The van der Waals surface area contributed by atoms with E-state index in [9.17, 15) is 0 Å². The first kappa shape index (κ1) is 15.9. The molecular formula is C24H17Br. The average molecular weight is 385 g/mol. The van der Waals surface area contributed by atoms with E-state index >= 15 is 0 Å². The fraction of sp³-hybridized carbons (Fsp3) is 0. The first-order valence-electron chi connectivity index (χ1n) is 8.31. The third-order valence-electron chi connectivity index (χ3n) is 4.35. The Morgan fingerprint density at radius 1 is 0.360 bits per heavy atom. The lowest BCUT2D eigenvalue weighted by Crippen LogP contribution is -1.83. The highest BCUT2D eigenvalue weighted by Crippen LogP contribution is 2.29. The van der Waals surface area contributed by atoms with Gasteiger partial charge in [0.25, 0.3) is 0 Å². The van der Waals surface area contributed by atoms with Crippen LogP contribution >= 0.6 is 15.9 Å². The zero-order chi connectivity index (χ0) is 17.1. The van der Waals surface area contributed by atoms with Crippen molar-refractivity contribution < 1.29 is 0 Å². The van der Waals surface area contributed by atoms with Gasteiger partial charge in [-0.25, -0.2) is 0 Å². The highest BCUT2D eigenvalue weighted by atomic mass is 79.9. The van der Waals surface area contributed by atoms with Gasteiger partial charge < -0.3 is 0 Å². The third-order valence-corrected chi connectivity index (χ3v) is 4.84. The summed E-state index contributed by atoms with van der Waals surface area (Å²) in [6, 6.07) is 36.4. The van der Waals surface area contributed by atoms with Crippen molar-refractivity contribution in [1.29, 1.82) is 0 Å². The van der Waals surface area contributed by atoms with Gasteiger partial charge >= 0.3 is 0 Å². The molecule has 0 amide bonds. The Balaban J connectivity index is 1.67. The zero-order valence-corrected chi connectivity index (χ0v) is 15.3. The molecule has 0 fully saturated rings. The largest absolute Gasteiger partial charge is 0.0622 e. The molecule has 0 aliphatic carbocycles. The van der Waals surface area contributed by atoms with Gasteiger partial charge in [-0.15, -0.1) is 0 Å². The number of rotatable bonds is 3. The van der Waals surface area contributed by atoms with Gasteiger partial charge in [0.05, 0.1) is 0 Å². The predicted molar refractivity (Wildman–Crippen MR) is 110 cm³/mol. The van der Waals surface area contributed by atoms with E-state index in [0.29, 0.717) is 0 Å². The molecule has 1 heteroatoms. The van der Waals surface area contributed by atoms with Crippen LogP contribution in [0.4, 0.5) is 0 Å². The summed E-state index contributed by atoms with van der Waals surface area (Å²) in [6.07, 6.45) is 0. The molecule has 0 unspecified atom stereocenters. The fourth-order valence-electron chi connectivity index (χ4n) is 3.03. The molecule has 25 heavy (non-hydrogen) atoms. The summed E-state index contributed by atoms with van der Waals surface area (Å²) in [6.45, 7) is 0. The Kier molecular flexibility index (Phi) is 4.49. The summed E-state index contributed by atoms with van der Waals surface area (Å²) in [4.78, 5) is 0. The fourth-order valence-corrected chi connectivity index (χ4v) is 3.43. The Morgan fingerprint density at radius 2 is 0.800 bits per heavy atom. The van der Waals surface area contributed by atoms with E-state index in [1.807, 2.05) is 6.07 Å². The van der Waals surface area contributed by atoms with E-state index < -0.39 is 0 Å². The Hall–Kier alpha value is -2.64. The van der Waals surface area contributed by atoms with E-state index in [4.69, 9.17) is 0 Å². The second kappa shape index (κ2) is 7.08. The number of benzene rings is 4. The van der Waals surface area contributed by atoms with Gasteiger partial charge in [0, 0.05) is 4.47 Å². The van der Waals surface area contributed by atoms with E-state index in [0.717, 1.165) is 4.47 Å². The topological polar surface area (TPSA) is 0 Å². The summed E-state index contributed by atoms with van der Waals surface area (Å²) in [7, 11) is 0. The van der Waals surface area contributed by atoms with Crippen LogP contribution in [0, 0.1) is 0 Å². The molecule has 0 saturated carbocycles. The normalized spacial score (nSPS) is 10.6. The van der Waals surface area contributed by atoms with E-state index in [1.165, 1.54) is 33.4 Å². The molecule has 4 aromatic rings. The van der Waals surface area contributed by atoms with Gasteiger partial charge in [0.2, 0.25) is 0 Å². The van der Waals surface area contributed by atoms with Crippen LogP contribution in [-0.2, 0) is 0 Å². The van der Waals surface area contributed by atoms with Crippen LogP contribution in [0.15, 0.2) is 108 Å². The highest BCUT2D eigenvalue weighted by Gasteiger charge is 2.03. The molecule has 4 rings (SSSR count). The lowest BCUT2D eigenvalue weighted by Gasteiger charge is -2.08. The van der Waals surface area contributed by atoms with Crippen molar-refractivity contribution in [3.8, 4) is 33.4 Å². The minimum atomic E-state index is 1.10. The predicted octanol–water partition coefficient (Wildman–Crippen LogP) is 7.45. The van der Waals surface area contributed by atoms with Crippen molar-refractivity contribution in [2.45, 2.75) is 0 Å². The summed E-state index contributed by atoms with van der Waals surface area (Å²) in [5.41, 5.74) is 7.40. The second-order valence-corrected chi connectivity index (χ2v) is 6.95.